The molecule has 3 rings (SSSR count). The fourth-order valence-electron chi connectivity index (χ4n) is 2.63. The van der Waals surface area contributed by atoms with Crippen molar-refractivity contribution in [2.75, 3.05) is 18.2 Å². The second-order valence-corrected chi connectivity index (χ2v) is 8.99. The Morgan fingerprint density at radius 2 is 2.04 bits per heavy atom. The van der Waals surface area contributed by atoms with Gasteiger partial charge in [0.1, 0.15) is 4.88 Å². The molecular weight excluding hydrogens is 362 g/mol. The third-order valence-electron chi connectivity index (χ3n) is 3.83. The van der Waals surface area contributed by atoms with E-state index in [9.17, 15) is 18.0 Å². The lowest BCUT2D eigenvalue weighted by atomic mass is 10.2. The van der Waals surface area contributed by atoms with Crippen LogP contribution in [0.5, 0.6) is 0 Å². The maximum absolute atomic E-state index is 12.0. The van der Waals surface area contributed by atoms with Crippen LogP contribution in [-0.4, -0.2) is 33.2 Å². The number of nitrogens with one attached hydrogen (secondary N) is 1. The molecule has 0 saturated heterocycles. The van der Waals surface area contributed by atoms with Gasteiger partial charge in [0.05, 0.1) is 4.90 Å². The zero-order chi connectivity index (χ0) is 18.0. The Balaban J connectivity index is 1.56. The van der Waals surface area contributed by atoms with Crippen molar-refractivity contribution in [1.29, 1.82) is 0 Å². The first-order valence-electron chi connectivity index (χ1n) is 7.71. The molecule has 0 radical (unpaired) electrons. The van der Waals surface area contributed by atoms with E-state index in [1.165, 1.54) is 40.0 Å². The van der Waals surface area contributed by atoms with Gasteiger partial charge in [-0.25, -0.2) is 13.2 Å². The number of carbonyl (C=O) groups is 2. The van der Waals surface area contributed by atoms with Gasteiger partial charge in [-0.2, -0.15) is 0 Å². The van der Waals surface area contributed by atoms with E-state index in [4.69, 9.17) is 4.74 Å². The van der Waals surface area contributed by atoms with Crippen molar-refractivity contribution in [3.05, 3.63) is 45.6 Å². The molecule has 8 heteroatoms. The minimum absolute atomic E-state index is 0.107. The minimum atomic E-state index is -3.36. The molecule has 1 N–H and O–H groups in total. The number of esters is 1. The summed E-state index contributed by atoms with van der Waals surface area (Å²) >= 11 is 1.42. The Labute approximate surface area is 149 Å². The molecule has 0 spiro atoms. The van der Waals surface area contributed by atoms with Crippen molar-refractivity contribution in [2.45, 2.75) is 24.2 Å². The van der Waals surface area contributed by atoms with E-state index in [1.54, 1.807) is 6.07 Å². The van der Waals surface area contributed by atoms with Gasteiger partial charge in [0.25, 0.3) is 5.91 Å². The van der Waals surface area contributed by atoms with Gasteiger partial charge in [0.15, 0.2) is 16.4 Å². The highest BCUT2D eigenvalue weighted by molar-refractivity contribution is 7.90. The third-order valence-corrected chi connectivity index (χ3v) is 6.16. The summed E-state index contributed by atoms with van der Waals surface area (Å²) in [5.41, 5.74) is 1.53. The molecule has 1 aliphatic carbocycles. The highest BCUT2D eigenvalue weighted by Gasteiger charge is 2.20. The molecule has 25 heavy (non-hydrogen) atoms. The van der Waals surface area contributed by atoms with E-state index >= 15 is 0 Å². The first kappa shape index (κ1) is 17.6. The fourth-order valence-corrected chi connectivity index (χ4v) is 4.45. The number of fused-ring (bicyclic) bond motifs is 1. The third kappa shape index (κ3) is 4.26. The highest BCUT2D eigenvalue weighted by Crippen LogP contribution is 2.30. The zero-order valence-corrected chi connectivity index (χ0v) is 15.2. The average Bonchev–Trinajstić information content (AvgIpc) is 3.13. The Morgan fingerprint density at radius 1 is 1.24 bits per heavy atom. The minimum Gasteiger partial charge on any atom is -0.451 e. The standard InChI is InChI=1S/C17H17NO5S2/c1-25(21,22)13-6-3-5-12(9-13)18-16(19)10-23-17(20)15-8-11-4-2-7-14(11)24-15/h3,5-6,8-9H,2,4,7,10H2,1H3,(H,18,19). The highest BCUT2D eigenvalue weighted by atomic mass is 32.2. The number of hydrogen-bond donors (Lipinski definition) is 1. The summed E-state index contributed by atoms with van der Waals surface area (Å²) in [5.74, 6) is -1.04. The molecule has 1 aromatic heterocycles. The van der Waals surface area contributed by atoms with Gasteiger partial charge in [0, 0.05) is 16.8 Å². The van der Waals surface area contributed by atoms with E-state index in [2.05, 4.69) is 5.32 Å². The average molecular weight is 379 g/mol. The number of ether oxygens (including phenoxy) is 1. The summed E-state index contributed by atoms with van der Waals surface area (Å²) < 4.78 is 28.1. The van der Waals surface area contributed by atoms with Gasteiger partial charge in [-0.05, 0) is 49.1 Å². The molecule has 1 amide bonds. The summed E-state index contributed by atoms with van der Waals surface area (Å²) in [7, 11) is -3.36. The first-order valence-corrected chi connectivity index (χ1v) is 10.4. The van der Waals surface area contributed by atoms with Gasteiger partial charge in [-0.15, -0.1) is 11.3 Å². The monoisotopic (exact) mass is 379 g/mol. The number of carbonyl (C=O) groups excluding carboxylic acids is 2. The number of amides is 1. The number of thiophene rings is 1. The summed E-state index contributed by atoms with van der Waals surface area (Å²) in [6, 6.07) is 7.74. The maximum Gasteiger partial charge on any atom is 0.348 e. The van der Waals surface area contributed by atoms with Crippen LogP contribution in [-0.2, 0) is 32.2 Å². The second kappa shape index (κ2) is 6.97. The van der Waals surface area contributed by atoms with Gasteiger partial charge in [-0.3, -0.25) is 4.79 Å². The van der Waals surface area contributed by atoms with E-state index < -0.39 is 28.3 Å². The lowest BCUT2D eigenvalue weighted by Gasteiger charge is -2.07. The Bertz CT molecular complexity index is 909. The normalized spacial score (nSPS) is 13.3. The molecule has 132 valence electrons. The van der Waals surface area contributed by atoms with E-state index in [-0.39, 0.29) is 4.90 Å². The molecule has 0 saturated carbocycles. The molecule has 2 aromatic rings. The Kier molecular flexibility index (Phi) is 4.91. The molecule has 1 heterocycles. The molecule has 0 bridgehead atoms. The van der Waals surface area contributed by atoms with Gasteiger partial charge >= 0.3 is 5.97 Å². The molecule has 6 nitrogen and oxygen atoms in total. The largest absolute Gasteiger partial charge is 0.451 e. The molecule has 0 unspecified atom stereocenters. The van der Waals surface area contributed by atoms with Crippen molar-refractivity contribution in [2.24, 2.45) is 0 Å². The molecule has 1 aromatic carbocycles. The number of rotatable bonds is 5. The number of aryl methyl sites for hydroxylation is 2. The van der Waals surface area contributed by atoms with Crippen LogP contribution < -0.4 is 5.32 Å². The van der Waals surface area contributed by atoms with Crippen molar-refractivity contribution < 1.29 is 22.7 Å². The van der Waals surface area contributed by atoms with Crippen LogP contribution in [0.4, 0.5) is 5.69 Å². The lowest BCUT2D eigenvalue weighted by Crippen LogP contribution is -2.20. The number of sulfone groups is 1. The predicted molar refractivity (Wildman–Crippen MR) is 94.8 cm³/mol. The van der Waals surface area contributed by atoms with Crippen LogP contribution in [0.15, 0.2) is 35.2 Å². The van der Waals surface area contributed by atoms with Crippen LogP contribution in [0.2, 0.25) is 0 Å². The van der Waals surface area contributed by atoms with Crippen molar-refractivity contribution in [1.82, 2.24) is 0 Å². The van der Waals surface area contributed by atoms with Crippen molar-refractivity contribution in [3.8, 4) is 0 Å². The number of benzene rings is 1. The summed E-state index contributed by atoms with van der Waals surface area (Å²) in [6.07, 6.45) is 4.18. The van der Waals surface area contributed by atoms with E-state index in [0.29, 0.717) is 10.6 Å². The van der Waals surface area contributed by atoms with Crippen LogP contribution in [0.3, 0.4) is 0 Å². The first-order chi connectivity index (χ1) is 11.8. The van der Waals surface area contributed by atoms with Crippen LogP contribution in [0.1, 0.15) is 26.5 Å². The van der Waals surface area contributed by atoms with E-state index in [0.717, 1.165) is 25.5 Å². The SMILES string of the molecule is CS(=O)(=O)c1cccc(NC(=O)COC(=O)c2cc3c(s2)CCC3)c1. The number of hydrogen-bond acceptors (Lipinski definition) is 6. The van der Waals surface area contributed by atoms with E-state index in [1.807, 2.05) is 6.07 Å². The zero-order valence-electron chi connectivity index (χ0n) is 13.6. The number of anilines is 1. The van der Waals surface area contributed by atoms with Crippen LogP contribution in [0.25, 0.3) is 0 Å². The van der Waals surface area contributed by atoms with Gasteiger partial charge in [0.2, 0.25) is 0 Å². The smallest absolute Gasteiger partial charge is 0.348 e. The molecule has 0 atom stereocenters. The molecule has 0 aliphatic heterocycles. The van der Waals surface area contributed by atoms with Crippen molar-refractivity contribution in [3.63, 3.8) is 0 Å². The van der Waals surface area contributed by atoms with Crippen LogP contribution >= 0.6 is 11.3 Å². The van der Waals surface area contributed by atoms with Gasteiger partial charge in [-0.1, -0.05) is 6.07 Å². The Morgan fingerprint density at radius 3 is 2.76 bits per heavy atom. The van der Waals surface area contributed by atoms with Gasteiger partial charge < -0.3 is 10.1 Å². The second-order valence-electron chi connectivity index (χ2n) is 5.84. The fraction of sp³-hybridized carbons (Fsp3) is 0.294. The quantitative estimate of drug-likeness (QED) is 0.806. The molecule has 1 aliphatic rings. The lowest BCUT2D eigenvalue weighted by molar-refractivity contribution is -0.119. The maximum atomic E-state index is 12.0. The summed E-state index contributed by atoms with van der Waals surface area (Å²) in [5, 5.41) is 2.52. The molecular formula is C17H17NO5S2. The summed E-state index contributed by atoms with van der Waals surface area (Å²) in [4.78, 5) is 25.8. The van der Waals surface area contributed by atoms with Crippen molar-refractivity contribution >= 4 is 38.7 Å². The van der Waals surface area contributed by atoms with Crippen LogP contribution in [0, 0.1) is 0 Å². The Hall–Kier alpha value is -2.19. The summed E-state index contributed by atoms with van der Waals surface area (Å²) in [6.45, 7) is -0.426. The molecule has 0 fully saturated rings. The topological polar surface area (TPSA) is 89.5 Å². The predicted octanol–water partition coefficient (Wildman–Crippen LogP) is 2.44.